The number of rotatable bonds is 10. The molecule has 0 aliphatic rings. The lowest BCUT2D eigenvalue weighted by molar-refractivity contribution is -0.125. The zero-order valence-corrected chi connectivity index (χ0v) is 21.0. The Balaban J connectivity index is 1.61. The Morgan fingerprint density at radius 2 is 1.18 bits per heavy atom. The van der Waals surface area contributed by atoms with Gasteiger partial charge in [-0.05, 0) is 50.8 Å². The van der Waals surface area contributed by atoms with E-state index < -0.39 is 14.4 Å². The van der Waals surface area contributed by atoms with Crippen LogP contribution in [-0.4, -0.2) is 20.2 Å². The second-order valence-corrected chi connectivity index (χ2v) is 13.8. The van der Waals surface area contributed by atoms with E-state index in [1.165, 1.54) is 21.5 Å². The molecule has 0 radical (unpaired) electrons. The number of ketones is 1. The first-order valence-corrected chi connectivity index (χ1v) is 14.7. The van der Waals surface area contributed by atoms with Crippen molar-refractivity contribution in [3.63, 3.8) is 0 Å². The summed E-state index contributed by atoms with van der Waals surface area (Å²) in [6.45, 7) is 6.67. The maximum Gasteiger partial charge on any atom is 0.193 e. The quantitative estimate of drug-likeness (QED) is 0.229. The van der Waals surface area contributed by atoms with E-state index in [1.54, 1.807) is 0 Å². The maximum atomic E-state index is 13.6. The molecule has 4 rings (SSSR count). The Kier molecular flexibility index (Phi) is 7.41. The van der Waals surface area contributed by atoms with E-state index in [2.05, 4.69) is 93.6 Å². The van der Waals surface area contributed by atoms with Crippen LogP contribution >= 0.6 is 0 Å². The monoisotopic (exact) mass is 454 g/mol. The van der Waals surface area contributed by atoms with Crippen molar-refractivity contribution in [1.82, 2.24) is 0 Å². The molecule has 0 heterocycles. The van der Waals surface area contributed by atoms with Crippen LogP contribution in [0, 0.1) is 0 Å². The average molecular weight is 455 g/mol. The van der Waals surface area contributed by atoms with Crippen LogP contribution in [0.5, 0.6) is 0 Å². The van der Waals surface area contributed by atoms with Gasteiger partial charge in [0.2, 0.25) is 0 Å². The fourth-order valence-corrected chi connectivity index (χ4v) is 7.58. The second kappa shape index (κ2) is 10.5. The minimum Gasteiger partial charge on any atom is -0.407 e. The number of hydrogen-bond donors (Lipinski definition) is 0. The van der Waals surface area contributed by atoms with Gasteiger partial charge in [0.25, 0.3) is 0 Å². The highest BCUT2D eigenvalue weighted by molar-refractivity contribution is 6.73. The largest absolute Gasteiger partial charge is 0.407 e. The zero-order valence-electron chi connectivity index (χ0n) is 20.0. The Morgan fingerprint density at radius 1 is 0.697 bits per heavy atom. The lowest BCUT2D eigenvalue weighted by atomic mass is 9.97. The maximum absolute atomic E-state index is 13.6. The molecule has 0 amide bonds. The van der Waals surface area contributed by atoms with E-state index in [1.807, 2.05) is 12.1 Å². The number of benzene rings is 4. The summed E-state index contributed by atoms with van der Waals surface area (Å²) in [6, 6.07) is 32.7. The first-order valence-electron chi connectivity index (χ1n) is 12.2. The van der Waals surface area contributed by atoms with Gasteiger partial charge in [0, 0.05) is 12.8 Å². The third-order valence-corrected chi connectivity index (χ3v) is 11.8. The van der Waals surface area contributed by atoms with Crippen LogP contribution in [0.4, 0.5) is 0 Å². The molecular weight excluding hydrogens is 420 g/mol. The minimum absolute atomic E-state index is 0.186. The summed E-state index contributed by atoms with van der Waals surface area (Å²) in [5, 5.41) is 4.81. The molecule has 0 aromatic heterocycles. The van der Waals surface area contributed by atoms with Crippen LogP contribution in [0.2, 0.25) is 18.1 Å². The molecule has 0 unspecified atom stereocenters. The standard InChI is InChI=1S/C30H34O2Si/c1-4-33(5-2,6-3)32-30(22-24-16-18-26-12-8-10-14-28(26)20-24)29(31)21-23-15-17-25-11-7-9-13-27(25)19-23/h7-20,30H,4-6,21-22H2,1-3H3/t30-/m0/s1. The lowest BCUT2D eigenvalue weighted by Gasteiger charge is -2.33. The summed E-state index contributed by atoms with van der Waals surface area (Å²) in [5.41, 5.74) is 2.22. The van der Waals surface area contributed by atoms with E-state index >= 15 is 0 Å². The molecule has 4 aromatic carbocycles. The molecule has 0 fully saturated rings. The van der Waals surface area contributed by atoms with Crippen molar-refractivity contribution in [3.8, 4) is 0 Å². The van der Waals surface area contributed by atoms with Crippen molar-refractivity contribution in [2.24, 2.45) is 0 Å². The summed E-state index contributed by atoms with van der Waals surface area (Å²) >= 11 is 0. The predicted molar refractivity (Wildman–Crippen MR) is 142 cm³/mol. The summed E-state index contributed by atoms with van der Waals surface area (Å²) in [4.78, 5) is 13.6. The van der Waals surface area contributed by atoms with Crippen LogP contribution in [0.1, 0.15) is 31.9 Å². The van der Waals surface area contributed by atoms with Crippen molar-refractivity contribution < 1.29 is 9.22 Å². The third kappa shape index (κ3) is 5.43. The van der Waals surface area contributed by atoms with E-state index in [4.69, 9.17) is 4.43 Å². The van der Waals surface area contributed by atoms with Crippen molar-refractivity contribution in [3.05, 3.63) is 96.1 Å². The molecule has 0 N–H and O–H groups in total. The summed E-state index contributed by atoms with van der Waals surface area (Å²) < 4.78 is 6.81. The average Bonchev–Trinajstić information content (AvgIpc) is 2.86. The van der Waals surface area contributed by atoms with Crippen molar-refractivity contribution in [1.29, 1.82) is 0 Å². The Bertz CT molecular complexity index is 1230. The predicted octanol–water partition coefficient (Wildman–Crippen LogP) is 7.74. The van der Waals surface area contributed by atoms with Gasteiger partial charge in [0.15, 0.2) is 14.1 Å². The van der Waals surface area contributed by atoms with Gasteiger partial charge in [-0.3, -0.25) is 4.79 Å². The van der Waals surface area contributed by atoms with Crippen LogP contribution < -0.4 is 0 Å². The summed E-state index contributed by atoms with van der Waals surface area (Å²) in [7, 11) is -1.93. The highest BCUT2D eigenvalue weighted by Gasteiger charge is 2.34. The van der Waals surface area contributed by atoms with E-state index in [-0.39, 0.29) is 5.78 Å². The van der Waals surface area contributed by atoms with Gasteiger partial charge < -0.3 is 4.43 Å². The van der Waals surface area contributed by atoms with E-state index in [0.717, 1.165) is 29.3 Å². The molecule has 1 atom stereocenters. The van der Waals surface area contributed by atoms with Crippen molar-refractivity contribution in [2.45, 2.75) is 57.8 Å². The number of Topliss-reactive ketones (excluding diaryl/α,β-unsaturated/α-hetero) is 1. The molecule has 33 heavy (non-hydrogen) atoms. The highest BCUT2D eigenvalue weighted by atomic mass is 28.4. The van der Waals surface area contributed by atoms with Crippen LogP contribution in [0.25, 0.3) is 21.5 Å². The lowest BCUT2D eigenvalue weighted by Crippen LogP contribution is -2.44. The molecule has 0 aliphatic carbocycles. The van der Waals surface area contributed by atoms with Gasteiger partial charge in [-0.1, -0.05) is 106 Å². The Hall–Kier alpha value is -2.75. The van der Waals surface area contributed by atoms with Gasteiger partial charge in [-0.2, -0.15) is 0 Å². The molecule has 0 saturated carbocycles. The van der Waals surface area contributed by atoms with Gasteiger partial charge >= 0.3 is 0 Å². The highest BCUT2D eigenvalue weighted by Crippen LogP contribution is 2.27. The molecule has 3 heteroatoms. The number of carbonyl (C=O) groups excluding carboxylic acids is 1. The normalized spacial score (nSPS) is 12.8. The van der Waals surface area contributed by atoms with Crippen LogP contribution in [-0.2, 0) is 22.1 Å². The first-order chi connectivity index (χ1) is 16.1. The van der Waals surface area contributed by atoms with Crippen LogP contribution in [0.3, 0.4) is 0 Å². The van der Waals surface area contributed by atoms with E-state index in [0.29, 0.717) is 12.8 Å². The van der Waals surface area contributed by atoms with Crippen LogP contribution in [0.15, 0.2) is 84.9 Å². The smallest absolute Gasteiger partial charge is 0.193 e. The topological polar surface area (TPSA) is 26.3 Å². The van der Waals surface area contributed by atoms with Gasteiger partial charge in [-0.25, -0.2) is 0 Å². The second-order valence-electron chi connectivity index (χ2n) is 9.06. The Labute approximate surface area is 198 Å². The van der Waals surface area contributed by atoms with Crippen molar-refractivity contribution >= 4 is 35.6 Å². The molecule has 2 nitrogen and oxygen atoms in total. The molecule has 4 aromatic rings. The number of hydrogen-bond acceptors (Lipinski definition) is 2. The number of carbonyl (C=O) groups is 1. The molecular formula is C30H34O2Si. The molecule has 0 aliphatic heterocycles. The van der Waals surface area contributed by atoms with Gasteiger partial charge in [0.05, 0.1) is 0 Å². The molecule has 0 saturated heterocycles. The summed E-state index contributed by atoms with van der Waals surface area (Å²) in [6.07, 6.45) is 0.639. The first kappa shape index (κ1) is 23.4. The van der Waals surface area contributed by atoms with Gasteiger partial charge in [-0.15, -0.1) is 0 Å². The fraction of sp³-hybridized carbons (Fsp3) is 0.300. The zero-order chi connectivity index (χ0) is 23.3. The molecule has 0 bridgehead atoms. The van der Waals surface area contributed by atoms with Gasteiger partial charge in [0.1, 0.15) is 6.10 Å². The third-order valence-electron chi connectivity index (χ3n) is 7.11. The molecule has 0 spiro atoms. The van der Waals surface area contributed by atoms with E-state index in [9.17, 15) is 4.79 Å². The fourth-order valence-electron chi connectivity index (χ4n) is 4.77. The summed E-state index contributed by atoms with van der Waals surface area (Å²) in [5.74, 6) is 0.186. The van der Waals surface area contributed by atoms with Crippen molar-refractivity contribution in [2.75, 3.05) is 0 Å². The minimum atomic E-state index is -1.93. The SMILES string of the molecule is CC[Si](CC)(CC)O[C@@H](Cc1ccc2ccccc2c1)C(=O)Cc1ccc2ccccc2c1. The number of fused-ring (bicyclic) bond motifs is 2. The molecule has 170 valence electrons. The Morgan fingerprint density at radius 3 is 1.73 bits per heavy atom.